The van der Waals surface area contributed by atoms with Crippen molar-refractivity contribution in [3.63, 3.8) is 0 Å². The quantitative estimate of drug-likeness (QED) is 0.921. The first-order valence-corrected chi connectivity index (χ1v) is 6.41. The van der Waals surface area contributed by atoms with E-state index >= 15 is 0 Å². The van der Waals surface area contributed by atoms with Gasteiger partial charge in [0.25, 0.3) is 0 Å². The van der Waals surface area contributed by atoms with Crippen molar-refractivity contribution in [3.8, 4) is 5.75 Å². The number of hydrogen-bond acceptors (Lipinski definition) is 3. The Morgan fingerprint density at radius 1 is 1.24 bits per heavy atom. The van der Waals surface area contributed by atoms with Crippen LogP contribution >= 0.6 is 0 Å². The fraction of sp³-hybridized carbons (Fsp3) is 0.357. The van der Waals surface area contributed by atoms with Crippen molar-refractivity contribution in [3.05, 3.63) is 47.8 Å². The molecular weight excluding hydrogens is 283 g/mol. The lowest BCUT2D eigenvalue weighted by atomic mass is 10.1. The summed E-state index contributed by atoms with van der Waals surface area (Å²) in [5, 5.41) is 7.50. The molecule has 1 heterocycles. The van der Waals surface area contributed by atoms with Crippen LogP contribution in [-0.4, -0.2) is 16.1 Å². The second-order valence-corrected chi connectivity index (χ2v) is 4.70. The minimum Gasteiger partial charge on any atom is -0.406 e. The zero-order valence-corrected chi connectivity index (χ0v) is 11.7. The predicted octanol–water partition coefficient (Wildman–Crippen LogP) is 3.17. The van der Waals surface area contributed by atoms with E-state index in [-0.39, 0.29) is 11.8 Å². The third kappa shape index (κ3) is 4.78. The smallest absolute Gasteiger partial charge is 0.406 e. The van der Waals surface area contributed by atoms with Crippen molar-refractivity contribution in [2.75, 3.05) is 0 Å². The Bertz CT molecular complexity index is 578. The molecule has 0 aliphatic carbocycles. The minimum atomic E-state index is -4.66. The van der Waals surface area contributed by atoms with Crippen LogP contribution in [0.2, 0.25) is 0 Å². The Morgan fingerprint density at radius 2 is 1.90 bits per heavy atom. The van der Waals surface area contributed by atoms with Crippen LogP contribution in [-0.2, 0) is 13.6 Å². The summed E-state index contributed by atoms with van der Waals surface area (Å²) in [5.74, 6) is -0.219. The first-order chi connectivity index (χ1) is 9.83. The third-order valence-electron chi connectivity index (χ3n) is 2.97. The Morgan fingerprint density at radius 3 is 2.43 bits per heavy atom. The fourth-order valence-electron chi connectivity index (χ4n) is 1.89. The molecule has 1 N–H and O–H groups in total. The number of hydrogen-bond donors (Lipinski definition) is 1. The molecule has 0 aliphatic rings. The van der Waals surface area contributed by atoms with Crippen LogP contribution in [0.3, 0.4) is 0 Å². The van der Waals surface area contributed by atoms with Crippen molar-refractivity contribution in [2.24, 2.45) is 7.05 Å². The van der Waals surface area contributed by atoms with E-state index in [1.54, 1.807) is 16.8 Å². The van der Waals surface area contributed by atoms with Crippen LogP contribution in [0.15, 0.2) is 36.5 Å². The maximum atomic E-state index is 12.1. The highest BCUT2D eigenvalue weighted by Crippen LogP contribution is 2.24. The number of nitrogens with one attached hydrogen (secondary N) is 1. The molecule has 114 valence electrons. The van der Waals surface area contributed by atoms with Gasteiger partial charge in [-0.05, 0) is 30.7 Å². The first-order valence-electron chi connectivity index (χ1n) is 6.41. The zero-order chi connectivity index (χ0) is 15.5. The summed E-state index contributed by atoms with van der Waals surface area (Å²) in [6.45, 7) is 2.52. The van der Waals surface area contributed by atoms with Crippen LogP contribution in [0, 0.1) is 0 Å². The number of alkyl halides is 3. The van der Waals surface area contributed by atoms with Crippen molar-refractivity contribution >= 4 is 0 Å². The molecule has 1 unspecified atom stereocenters. The molecule has 0 radical (unpaired) electrons. The lowest BCUT2D eigenvalue weighted by Crippen LogP contribution is -2.19. The third-order valence-corrected chi connectivity index (χ3v) is 2.97. The Hall–Kier alpha value is -2.02. The molecule has 7 heteroatoms. The van der Waals surface area contributed by atoms with Crippen LogP contribution in [0.5, 0.6) is 5.75 Å². The summed E-state index contributed by atoms with van der Waals surface area (Å²) in [4.78, 5) is 0. The molecule has 0 aliphatic heterocycles. The van der Waals surface area contributed by atoms with Gasteiger partial charge in [0.2, 0.25) is 0 Å². The fourth-order valence-corrected chi connectivity index (χ4v) is 1.89. The molecule has 0 saturated carbocycles. The molecule has 2 rings (SSSR count). The van der Waals surface area contributed by atoms with Crippen molar-refractivity contribution in [2.45, 2.75) is 25.9 Å². The highest BCUT2D eigenvalue weighted by atomic mass is 19.4. The molecule has 1 atom stereocenters. The molecule has 4 nitrogen and oxygen atoms in total. The van der Waals surface area contributed by atoms with E-state index in [1.807, 2.05) is 26.2 Å². The Balaban J connectivity index is 1.91. The van der Waals surface area contributed by atoms with Gasteiger partial charge in [-0.1, -0.05) is 12.1 Å². The van der Waals surface area contributed by atoms with E-state index < -0.39 is 6.36 Å². The van der Waals surface area contributed by atoms with E-state index in [0.717, 1.165) is 11.3 Å². The van der Waals surface area contributed by atoms with E-state index in [1.165, 1.54) is 12.1 Å². The van der Waals surface area contributed by atoms with Gasteiger partial charge in [0.05, 0.1) is 5.69 Å². The van der Waals surface area contributed by atoms with Gasteiger partial charge in [0.15, 0.2) is 0 Å². The van der Waals surface area contributed by atoms with Gasteiger partial charge in [-0.2, -0.15) is 5.10 Å². The van der Waals surface area contributed by atoms with E-state index in [0.29, 0.717) is 6.54 Å². The molecule has 0 fully saturated rings. The number of nitrogens with zero attached hydrogens (tertiary/aromatic N) is 2. The molecule has 2 aromatic rings. The number of aromatic nitrogens is 2. The number of benzene rings is 1. The summed E-state index contributed by atoms with van der Waals surface area (Å²) in [6.07, 6.45) is -2.81. The molecule has 21 heavy (non-hydrogen) atoms. The van der Waals surface area contributed by atoms with Crippen molar-refractivity contribution in [1.82, 2.24) is 15.1 Å². The molecule has 0 amide bonds. The van der Waals surface area contributed by atoms with Gasteiger partial charge in [-0.15, -0.1) is 13.2 Å². The number of aryl methyl sites for hydroxylation is 1. The largest absolute Gasteiger partial charge is 0.573 e. The maximum Gasteiger partial charge on any atom is 0.573 e. The van der Waals surface area contributed by atoms with Crippen LogP contribution in [0.4, 0.5) is 13.2 Å². The highest BCUT2D eigenvalue weighted by Gasteiger charge is 2.30. The average molecular weight is 299 g/mol. The minimum absolute atomic E-state index is 0.00746. The normalized spacial score (nSPS) is 13.2. The molecule has 1 aromatic heterocycles. The topological polar surface area (TPSA) is 39.1 Å². The predicted molar refractivity (Wildman–Crippen MR) is 71.6 cm³/mol. The molecular formula is C14H16F3N3O. The van der Waals surface area contributed by atoms with Gasteiger partial charge < -0.3 is 10.1 Å². The van der Waals surface area contributed by atoms with E-state index in [9.17, 15) is 13.2 Å². The van der Waals surface area contributed by atoms with E-state index in [2.05, 4.69) is 15.2 Å². The summed E-state index contributed by atoms with van der Waals surface area (Å²) < 4.78 is 41.8. The number of ether oxygens (including phenoxy) is 1. The average Bonchev–Trinajstić information content (AvgIpc) is 2.81. The van der Waals surface area contributed by atoms with Crippen molar-refractivity contribution in [1.29, 1.82) is 0 Å². The standard InChI is InChI=1S/C14H16F3N3O/c1-10(18-9-12-7-8-20(2)19-12)11-3-5-13(6-4-11)21-14(15,16)17/h3-8,10,18H,9H2,1-2H3. The Kier molecular flexibility index (Phi) is 4.52. The van der Waals surface area contributed by atoms with Crippen LogP contribution in [0.25, 0.3) is 0 Å². The second-order valence-electron chi connectivity index (χ2n) is 4.70. The monoisotopic (exact) mass is 299 g/mol. The molecule has 0 saturated heterocycles. The SMILES string of the molecule is CC(NCc1ccn(C)n1)c1ccc(OC(F)(F)F)cc1. The first kappa shape index (κ1) is 15.4. The summed E-state index contributed by atoms with van der Waals surface area (Å²) in [7, 11) is 1.84. The number of halogens is 3. The lowest BCUT2D eigenvalue weighted by molar-refractivity contribution is -0.274. The summed E-state index contributed by atoms with van der Waals surface area (Å²) >= 11 is 0. The van der Waals surface area contributed by atoms with Gasteiger partial charge >= 0.3 is 6.36 Å². The number of rotatable bonds is 5. The van der Waals surface area contributed by atoms with Gasteiger partial charge in [0, 0.05) is 25.8 Å². The van der Waals surface area contributed by atoms with Gasteiger partial charge in [-0.3, -0.25) is 4.68 Å². The summed E-state index contributed by atoms with van der Waals surface area (Å²) in [5.41, 5.74) is 1.78. The molecule has 0 bridgehead atoms. The molecule has 0 spiro atoms. The lowest BCUT2D eigenvalue weighted by Gasteiger charge is -2.14. The highest BCUT2D eigenvalue weighted by molar-refractivity contribution is 5.29. The zero-order valence-electron chi connectivity index (χ0n) is 11.7. The van der Waals surface area contributed by atoms with Crippen LogP contribution in [0.1, 0.15) is 24.2 Å². The summed E-state index contributed by atoms with van der Waals surface area (Å²) in [6, 6.07) is 7.73. The maximum absolute atomic E-state index is 12.1. The van der Waals surface area contributed by atoms with E-state index in [4.69, 9.17) is 0 Å². The molecule has 1 aromatic carbocycles. The van der Waals surface area contributed by atoms with Gasteiger partial charge in [-0.25, -0.2) is 0 Å². The second kappa shape index (κ2) is 6.17. The van der Waals surface area contributed by atoms with Crippen LogP contribution < -0.4 is 10.1 Å². The van der Waals surface area contributed by atoms with Gasteiger partial charge in [0.1, 0.15) is 5.75 Å². The Labute approximate surface area is 120 Å². The van der Waals surface area contributed by atoms with Crippen molar-refractivity contribution < 1.29 is 17.9 Å².